The van der Waals surface area contributed by atoms with Crippen LogP contribution >= 0.6 is 0 Å². The van der Waals surface area contributed by atoms with Gasteiger partial charge in [-0.05, 0) is 30.7 Å². The minimum Gasteiger partial charge on any atom is -0.399 e. The molecule has 0 atom stereocenters. The van der Waals surface area contributed by atoms with Gasteiger partial charge in [-0.25, -0.2) is 0 Å². The van der Waals surface area contributed by atoms with Gasteiger partial charge in [0.1, 0.15) is 0 Å². The van der Waals surface area contributed by atoms with Crippen LogP contribution in [0.3, 0.4) is 0 Å². The van der Waals surface area contributed by atoms with Gasteiger partial charge in [0.2, 0.25) is 0 Å². The zero-order chi connectivity index (χ0) is 12.7. The molecule has 0 spiro atoms. The normalized spacial score (nSPS) is 11.4. The van der Waals surface area contributed by atoms with Crippen molar-refractivity contribution in [2.75, 3.05) is 32.5 Å². The summed E-state index contributed by atoms with van der Waals surface area (Å²) < 4.78 is 5.56. The van der Waals surface area contributed by atoms with Crippen molar-refractivity contribution in [1.29, 1.82) is 0 Å². The molecule has 1 rings (SSSR count). The third-order valence-electron chi connectivity index (χ3n) is 2.47. The highest BCUT2D eigenvalue weighted by molar-refractivity contribution is 5.40. The van der Waals surface area contributed by atoms with Gasteiger partial charge in [-0.15, -0.1) is 0 Å². The molecule has 0 saturated heterocycles. The number of nitrogens with zero attached hydrogens (tertiary/aromatic N) is 1. The molecule has 0 saturated carbocycles. The van der Waals surface area contributed by atoms with Crippen molar-refractivity contribution in [1.82, 2.24) is 4.90 Å². The van der Waals surface area contributed by atoms with E-state index in [2.05, 4.69) is 31.9 Å². The number of rotatable bonds is 7. The van der Waals surface area contributed by atoms with Crippen LogP contribution in [0.25, 0.3) is 0 Å². The van der Waals surface area contributed by atoms with E-state index in [0.717, 1.165) is 32.0 Å². The predicted molar refractivity (Wildman–Crippen MR) is 72.8 cm³/mol. The van der Waals surface area contributed by atoms with Crippen molar-refractivity contribution in [2.45, 2.75) is 20.4 Å². The average Bonchev–Trinajstić information content (AvgIpc) is 2.24. The Morgan fingerprint density at radius 2 is 2.12 bits per heavy atom. The smallest absolute Gasteiger partial charge is 0.0593 e. The highest BCUT2D eigenvalue weighted by atomic mass is 16.5. The predicted octanol–water partition coefficient (Wildman–Crippen LogP) is 2.37. The lowest BCUT2D eigenvalue weighted by molar-refractivity contribution is 0.0901. The summed E-state index contributed by atoms with van der Waals surface area (Å²) >= 11 is 0. The minimum absolute atomic E-state index is 0.606. The summed E-state index contributed by atoms with van der Waals surface area (Å²) in [5, 5.41) is 0. The summed E-state index contributed by atoms with van der Waals surface area (Å²) in [5.41, 5.74) is 7.82. The van der Waals surface area contributed by atoms with Crippen LogP contribution in [-0.2, 0) is 11.3 Å². The summed E-state index contributed by atoms with van der Waals surface area (Å²) in [6.07, 6.45) is 0. The largest absolute Gasteiger partial charge is 0.399 e. The van der Waals surface area contributed by atoms with E-state index in [1.165, 1.54) is 5.56 Å². The summed E-state index contributed by atoms with van der Waals surface area (Å²) in [4.78, 5) is 2.25. The van der Waals surface area contributed by atoms with Gasteiger partial charge in [-0.3, -0.25) is 4.90 Å². The molecule has 1 aromatic carbocycles. The number of likely N-dealkylation sites (N-methyl/N-ethyl adjacent to an activating group) is 1. The first-order valence-corrected chi connectivity index (χ1v) is 6.18. The van der Waals surface area contributed by atoms with E-state index in [-0.39, 0.29) is 0 Å². The first-order chi connectivity index (χ1) is 8.08. The Morgan fingerprint density at radius 1 is 1.35 bits per heavy atom. The fraction of sp³-hybridized carbons (Fsp3) is 0.571. The maximum atomic E-state index is 5.75. The van der Waals surface area contributed by atoms with Crippen molar-refractivity contribution in [2.24, 2.45) is 5.92 Å². The van der Waals surface area contributed by atoms with Gasteiger partial charge >= 0.3 is 0 Å². The molecule has 96 valence electrons. The maximum Gasteiger partial charge on any atom is 0.0593 e. The number of nitrogen functional groups attached to an aromatic ring is 1. The highest BCUT2D eigenvalue weighted by Gasteiger charge is 2.01. The van der Waals surface area contributed by atoms with Crippen LogP contribution in [0.2, 0.25) is 0 Å². The fourth-order valence-electron chi connectivity index (χ4n) is 1.62. The Kier molecular flexibility index (Phi) is 6.01. The number of ether oxygens (including phenoxy) is 1. The second-order valence-corrected chi connectivity index (χ2v) is 4.95. The molecule has 3 heteroatoms. The highest BCUT2D eigenvalue weighted by Crippen LogP contribution is 2.08. The molecule has 0 unspecified atom stereocenters. The van der Waals surface area contributed by atoms with E-state index in [0.29, 0.717) is 5.92 Å². The number of hydrogen-bond donors (Lipinski definition) is 1. The van der Waals surface area contributed by atoms with Crippen molar-refractivity contribution in [3.63, 3.8) is 0 Å². The Hall–Kier alpha value is -1.06. The molecule has 0 radical (unpaired) electrons. The molecule has 0 bridgehead atoms. The van der Waals surface area contributed by atoms with Gasteiger partial charge in [0, 0.05) is 25.4 Å². The zero-order valence-electron chi connectivity index (χ0n) is 11.1. The SMILES string of the molecule is CC(C)COCCN(C)Cc1cccc(N)c1. The second-order valence-electron chi connectivity index (χ2n) is 4.95. The Bertz CT molecular complexity index is 326. The summed E-state index contributed by atoms with van der Waals surface area (Å²) in [6.45, 7) is 7.81. The molecule has 0 heterocycles. The number of nitrogens with two attached hydrogens (primary N) is 1. The van der Waals surface area contributed by atoms with Crippen molar-refractivity contribution >= 4 is 5.69 Å². The molecular formula is C14H24N2O. The number of hydrogen-bond acceptors (Lipinski definition) is 3. The monoisotopic (exact) mass is 236 g/mol. The third kappa shape index (κ3) is 6.29. The topological polar surface area (TPSA) is 38.5 Å². The molecule has 0 aliphatic carbocycles. The van der Waals surface area contributed by atoms with Crippen molar-refractivity contribution in [3.05, 3.63) is 29.8 Å². The van der Waals surface area contributed by atoms with E-state index >= 15 is 0 Å². The standard InChI is InChI=1S/C14H24N2O/c1-12(2)11-17-8-7-16(3)10-13-5-4-6-14(15)9-13/h4-6,9,12H,7-8,10-11,15H2,1-3H3. The Morgan fingerprint density at radius 3 is 2.76 bits per heavy atom. The van der Waals surface area contributed by atoms with E-state index in [4.69, 9.17) is 10.5 Å². The van der Waals surface area contributed by atoms with Gasteiger partial charge < -0.3 is 10.5 Å². The Labute approximate surface area is 105 Å². The first-order valence-electron chi connectivity index (χ1n) is 6.18. The van der Waals surface area contributed by atoms with Crippen molar-refractivity contribution in [3.8, 4) is 0 Å². The second kappa shape index (κ2) is 7.30. The van der Waals surface area contributed by atoms with Gasteiger partial charge in [-0.2, -0.15) is 0 Å². The molecule has 1 aromatic rings. The molecule has 0 aliphatic rings. The first kappa shape index (κ1) is 14.0. The van der Waals surface area contributed by atoms with Crippen LogP contribution in [0.5, 0.6) is 0 Å². The van der Waals surface area contributed by atoms with Crippen LogP contribution < -0.4 is 5.73 Å². The van der Waals surface area contributed by atoms with Gasteiger partial charge in [-0.1, -0.05) is 26.0 Å². The molecule has 0 aromatic heterocycles. The summed E-state index contributed by atoms with van der Waals surface area (Å²) in [7, 11) is 2.10. The van der Waals surface area contributed by atoms with E-state index < -0.39 is 0 Å². The number of anilines is 1. The van der Waals surface area contributed by atoms with Crippen LogP contribution in [0.1, 0.15) is 19.4 Å². The van der Waals surface area contributed by atoms with Gasteiger partial charge in [0.15, 0.2) is 0 Å². The minimum atomic E-state index is 0.606. The van der Waals surface area contributed by atoms with Crippen LogP contribution in [0, 0.1) is 5.92 Å². The molecule has 2 N–H and O–H groups in total. The van der Waals surface area contributed by atoms with Gasteiger partial charge in [0.25, 0.3) is 0 Å². The summed E-state index contributed by atoms with van der Waals surface area (Å²) in [6, 6.07) is 8.02. The van der Waals surface area contributed by atoms with E-state index in [1.807, 2.05) is 18.2 Å². The molecule has 0 amide bonds. The quantitative estimate of drug-likeness (QED) is 0.583. The lowest BCUT2D eigenvalue weighted by Crippen LogP contribution is -2.23. The van der Waals surface area contributed by atoms with E-state index in [9.17, 15) is 0 Å². The maximum absolute atomic E-state index is 5.75. The van der Waals surface area contributed by atoms with E-state index in [1.54, 1.807) is 0 Å². The lowest BCUT2D eigenvalue weighted by Gasteiger charge is -2.17. The molecule has 17 heavy (non-hydrogen) atoms. The average molecular weight is 236 g/mol. The Balaban J connectivity index is 2.23. The number of benzene rings is 1. The zero-order valence-corrected chi connectivity index (χ0v) is 11.1. The molecule has 0 fully saturated rings. The van der Waals surface area contributed by atoms with Crippen molar-refractivity contribution < 1.29 is 4.74 Å². The fourth-order valence-corrected chi connectivity index (χ4v) is 1.62. The third-order valence-corrected chi connectivity index (χ3v) is 2.47. The van der Waals surface area contributed by atoms with Crippen LogP contribution in [0.4, 0.5) is 5.69 Å². The molecule has 3 nitrogen and oxygen atoms in total. The van der Waals surface area contributed by atoms with Crippen LogP contribution in [0.15, 0.2) is 24.3 Å². The summed E-state index contributed by atoms with van der Waals surface area (Å²) in [5.74, 6) is 0.606. The van der Waals surface area contributed by atoms with Gasteiger partial charge in [0.05, 0.1) is 6.61 Å². The molecule has 0 aliphatic heterocycles. The molecular weight excluding hydrogens is 212 g/mol. The van der Waals surface area contributed by atoms with Crippen LogP contribution in [-0.4, -0.2) is 31.7 Å². The lowest BCUT2D eigenvalue weighted by atomic mass is 10.2.